The molecule has 2 rings (SSSR count). The molecule has 0 aliphatic rings. The molecule has 186 valence electrons. The van der Waals surface area contributed by atoms with Crippen LogP contribution in [0.1, 0.15) is 38.8 Å². The molecule has 8 nitrogen and oxygen atoms in total. The highest BCUT2D eigenvalue weighted by Crippen LogP contribution is 2.24. The van der Waals surface area contributed by atoms with Crippen LogP contribution in [0.2, 0.25) is 0 Å². The number of hydrogen-bond acceptors (Lipinski definition) is 5. The number of nitrogens with zero attached hydrogens (tertiary/aromatic N) is 2. The lowest BCUT2D eigenvalue weighted by Crippen LogP contribution is -2.54. The zero-order valence-corrected chi connectivity index (χ0v) is 21.8. The summed E-state index contributed by atoms with van der Waals surface area (Å²) >= 11 is 0. The minimum Gasteiger partial charge on any atom is -0.497 e. The number of methoxy groups -OCH3 is 1. The van der Waals surface area contributed by atoms with E-state index < -0.39 is 34.1 Å². The van der Waals surface area contributed by atoms with Gasteiger partial charge in [-0.15, -0.1) is 0 Å². The monoisotopic (exact) mass is 489 g/mol. The number of anilines is 1. The number of hydrogen-bond donors (Lipinski definition) is 1. The van der Waals surface area contributed by atoms with E-state index in [1.165, 1.54) is 12.0 Å². The first kappa shape index (κ1) is 27.2. The fourth-order valence-electron chi connectivity index (χ4n) is 3.33. The molecule has 2 amide bonds. The van der Waals surface area contributed by atoms with Crippen molar-refractivity contribution in [1.82, 2.24) is 10.2 Å². The Balaban J connectivity index is 2.41. The second kappa shape index (κ2) is 10.9. The van der Waals surface area contributed by atoms with Crippen molar-refractivity contribution in [1.29, 1.82) is 0 Å². The summed E-state index contributed by atoms with van der Waals surface area (Å²) in [4.78, 5) is 27.9. The molecule has 0 aliphatic carbocycles. The van der Waals surface area contributed by atoms with Crippen LogP contribution in [0.15, 0.2) is 48.5 Å². The van der Waals surface area contributed by atoms with Gasteiger partial charge in [-0.2, -0.15) is 0 Å². The Morgan fingerprint density at radius 1 is 1.09 bits per heavy atom. The number of aryl methyl sites for hydroxylation is 1. The third kappa shape index (κ3) is 7.76. The molecule has 0 aliphatic heterocycles. The van der Waals surface area contributed by atoms with E-state index in [9.17, 15) is 18.0 Å². The van der Waals surface area contributed by atoms with Gasteiger partial charge in [0.25, 0.3) is 0 Å². The molecule has 1 N–H and O–H groups in total. The number of benzene rings is 2. The second-order valence-electron chi connectivity index (χ2n) is 9.39. The highest BCUT2D eigenvalue weighted by atomic mass is 32.2. The molecule has 0 heterocycles. The van der Waals surface area contributed by atoms with Gasteiger partial charge in [0, 0.05) is 18.2 Å². The molecule has 0 radical (unpaired) electrons. The lowest BCUT2D eigenvalue weighted by Gasteiger charge is -2.33. The summed E-state index contributed by atoms with van der Waals surface area (Å²) in [5.74, 6) is -0.348. The van der Waals surface area contributed by atoms with E-state index in [1.807, 2.05) is 52.0 Å². The molecule has 0 fully saturated rings. The summed E-state index contributed by atoms with van der Waals surface area (Å²) in [5, 5.41) is 2.90. The van der Waals surface area contributed by atoms with E-state index >= 15 is 0 Å². The molecule has 0 saturated carbocycles. The minimum absolute atomic E-state index is 0.160. The molecule has 1 atom stereocenters. The number of carbonyl (C=O) groups excluding carboxylic acids is 2. The quantitative estimate of drug-likeness (QED) is 0.584. The Bertz CT molecular complexity index is 1110. The van der Waals surface area contributed by atoms with Gasteiger partial charge in [-0.1, -0.05) is 35.9 Å². The number of nitrogens with one attached hydrogen (secondary N) is 1. The standard InChI is InChI=1S/C25H35N3O5S/c1-18-11-13-20(14-12-18)16-27(19(2)24(30)26-25(3,4)5)23(29)17-28(34(7,31)32)21-9-8-10-22(15-21)33-6/h8-15,19H,16-17H2,1-7H3,(H,26,30). The van der Waals surface area contributed by atoms with Crippen LogP contribution in [0.5, 0.6) is 5.75 Å². The van der Waals surface area contributed by atoms with Crippen molar-refractivity contribution in [2.75, 3.05) is 24.2 Å². The molecule has 9 heteroatoms. The van der Waals surface area contributed by atoms with Crippen LogP contribution in [0.3, 0.4) is 0 Å². The average Bonchev–Trinajstić information content (AvgIpc) is 2.74. The van der Waals surface area contributed by atoms with Crippen LogP contribution in [-0.2, 0) is 26.2 Å². The molecule has 1 unspecified atom stereocenters. The van der Waals surface area contributed by atoms with E-state index in [0.29, 0.717) is 11.4 Å². The summed E-state index contributed by atoms with van der Waals surface area (Å²) in [6.45, 7) is 8.89. The van der Waals surface area contributed by atoms with Crippen LogP contribution < -0.4 is 14.4 Å². The third-order valence-corrected chi connectivity index (χ3v) is 6.30. The number of carbonyl (C=O) groups is 2. The third-order valence-electron chi connectivity index (χ3n) is 5.16. The van der Waals surface area contributed by atoms with E-state index in [4.69, 9.17) is 4.74 Å². The van der Waals surface area contributed by atoms with Gasteiger partial charge in [0.2, 0.25) is 21.8 Å². The predicted octanol–water partition coefficient (Wildman–Crippen LogP) is 3.10. The molecule has 34 heavy (non-hydrogen) atoms. The smallest absolute Gasteiger partial charge is 0.244 e. The van der Waals surface area contributed by atoms with E-state index in [1.54, 1.807) is 31.2 Å². The lowest BCUT2D eigenvalue weighted by atomic mass is 10.1. The molecule has 0 aromatic heterocycles. The zero-order chi connectivity index (χ0) is 25.7. The van der Waals surface area contributed by atoms with Crippen molar-refractivity contribution in [3.63, 3.8) is 0 Å². The zero-order valence-electron chi connectivity index (χ0n) is 21.0. The summed E-state index contributed by atoms with van der Waals surface area (Å²) in [6, 6.07) is 13.3. The summed E-state index contributed by atoms with van der Waals surface area (Å²) in [6.07, 6.45) is 1.04. The molecule has 0 spiro atoms. The number of amides is 2. The largest absolute Gasteiger partial charge is 0.497 e. The van der Waals surface area contributed by atoms with Gasteiger partial charge in [-0.3, -0.25) is 13.9 Å². The van der Waals surface area contributed by atoms with Crippen molar-refractivity contribution in [2.45, 2.75) is 52.7 Å². The van der Waals surface area contributed by atoms with Gasteiger partial charge >= 0.3 is 0 Å². The topological polar surface area (TPSA) is 96.0 Å². The summed E-state index contributed by atoms with van der Waals surface area (Å²) < 4.78 is 31.5. The summed E-state index contributed by atoms with van der Waals surface area (Å²) in [5.41, 5.74) is 1.73. The van der Waals surface area contributed by atoms with Gasteiger partial charge < -0.3 is 15.0 Å². The maximum atomic E-state index is 13.5. The first-order chi connectivity index (χ1) is 15.7. The lowest BCUT2D eigenvalue weighted by molar-refractivity contribution is -0.140. The van der Waals surface area contributed by atoms with Crippen LogP contribution >= 0.6 is 0 Å². The van der Waals surface area contributed by atoms with Gasteiger partial charge in [0.1, 0.15) is 18.3 Å². The Kier molecular flexibility index (Phi) is 8.72. The van der Waals surface area contributed by atoms with Crippen molar-refractivity contribution >= 4 is 27.5 Å². The number of sulfonamides is 1. The second-order valence-corrected chi connectivity index (χ2v) is 11.3. The van der Waals surface area contributed by atoms with Crippen molar-refractivity contribution in [3.8, 4) is 5.75 Å². The van der Waals surface area contributed by atoms with E-state index in [2.05, 4.69) is 5.32 Å². The van der Waals surface area contributed by atoms with Gasteiger partial charge in [0.05, 0.1) is 19.1 Å². The van der Waals surface area contributed by atoms with Gasteiger partial charge in [-0.05, 0) is 52.3 Å². The SMILES string of the molecule is COc1cccc(N(CC(=O)N(Cc2ccc(C)cc2)C(C)C(=O)NC(C)(C)C)S(C)(=O)=O)c1. The van der Waals surface area contributed by atoms with E-state index in [0.717, 1.165) is 21.7 Å². The number of rotatable bonds is 9. The molecule has 2 aromatic rings. The minimum atomic E-state index is -3.80. The Hall–Kier alpha value is -3.07. The van der Waals surface area contributed by atoms with Crippen LogP contribution in [0, 0.1) is 6.92 Å². The molecule has 2 aromatic carbocycles. The molecule has 0 bridgehead atoms. The van der Waals surface area contributed by atoms with Gasteiger partial charge in [0.15, 0.2) is 0 Å². The molecular formula is C25H35N3O5S. The Morgan fingerprint density at radius 3 is 2.24 bits per heavy atom. The highest BCUT2D eigenvalue weighted by molar-refractivity contribution is 7.92. The van der Waals surface area contributed by atoms with Crippen LogP contribution in [0.4, 0.5) is 5.69 Å². The van der Waals surface area contributed by atoms with Crippen molar-refractivity contribution in [3.05, 3.63) is 59.7 Å². The van der Waals surface area contributed by atoms with Crippen LogP contribution in [0.25, 0.3) is 0 Å². The fourth-order valence-corrected chi connectivity index (χ4v) is 4.17. The first-order valence-corrected chi connectivity index (χ1v) is 12.8. The van der Waals surface area contributed by atoms with Crippen molar-refractivity contribution in [2.24, 2.45) is 0 Å². The maximum Gasteiger partial charge on any atom is 0.244 e. The first-order valence-electron chi connectivity index (χ1n) is 11.0. The predicted molar refractivity (Wildman–Crippen MR) is 134 cm³/mol. The number of ether oxygens (including phenoxy) is 1. The summed E-state index contributed by atoms with van der Waals surface area (Å²) in [7, 11) is -2.31. The highest BCUT2D eigenvalue weighted by Gasteiger charge is 2.31. The van der Waals surface area contributed by atoms with Crippen molar-refractivity contribution < 1.29 is 22.7 Å². The molecular weight excluding hydrogens is 454 g/mol. The normalized spacial score (nSPS) is 12.6. The maximum absolute atomic E-state index is 13.5. The van der Waals surface area contributed by atoms with Gasteiger partial charge in [-0.25, -0.2) is 8.42 Å². The Labute approximate surface area is 202 Å². The fraction of sp³-hybridized carbons (Fsp3) is 0.440. The average molecular weight is 490 g/mol. The Morgan fingerprint density at radius 2 is 1.71 bits per heavy atom. The van der Waals surface area contributed by atoms with E-state index in [-0.39, 0.29) is 12.5 Å². The molecule has 0 saturated heterocycles. The van der Waals surface area contributed by atoms with Crippen LogP contribution in [-0.4, -0.2) is 56.6 Å².